The van der Waals surface area contributed by atoms with Crippen molar-refractivity contribution >= 4 is 80.4 Å². The Labute approximate surface area is 457 Å². The maximum absolute atomic E-state index is 14.6. The molecule has 3 atom stereocenters. The minimum Gasteiger partial charge on any atom is -0.444 e. The van der Waals surface area contributed by atoms with Crippen molar-refractivity contribution in [2.45, 2.75) is 114 Å². The van der Waals surface area contributed by atoms with Gasteiger partial charge in [0.25, 0.3) is 5.91 Å². The lowest BCUT2D eigenvalue weighted by molar-refractivity contribution is -0.131. The highest BCUT2D eigenvalue weighted by atomic mass is 33.1. The van der Waals surface area contributed by atoms with E-state index in [0.717, 1.165) is 57.8 Å². The summed E-state index contributed by atoms with van der Waals surface area (Å²) >= 11 is 1.64. The molecule has 8 rings (SSSR count). The molecule has 0 saturated carbocycles. The zero-order chi connectivity index (χ0) is 53.9. The lowest BCUT2D eigenvalue weighted by atomic mass is 9.75. The molecule has 5 amide bonds. The molecular formula is C55H69N11O7S3. The van der Waals surface area contributed by atoms with Gasteiger partial charge in [-0.2, -0.15) is 0 Å². The Kier molecular flexibility index (Phi) is 19.2. The van der Waals surface area contributed by atoms with E-state index in [0.29, 0.717) is 67.0 Å². The lowest BCUT2D eigenvalue weighted by Crippen LogP contribution is -2.53. The molecule has 0 bridgehead atoms. The van der Waals surface area contributed by atoms with E-state index in [-0.39, 0.29) is 37.3 Å². The number of amides is 5. The number of ether oxygens (including phenoxy) is 2. The number of carbonyl (C=O) groups is 5. The van der Waals surface area contributed by atoms with Gasteiger partial charge in [0.2, 0.25) is 17.7 Å². The maximum Gasteiger partial charge on any atom is 0.415 e. The summed E-state index contributed by atoms with van der Waals surface area (Å²) in [5.41, 5.74) is 4.23. The van der Waals surface area contributed by atoms with Crippen LogP contribution in [0.25, 0.3) is 0 Å². The van der Waals surface area contributed by atoms with Gasteiger partial charge in [-0.05, 0) is 139 Å². The molecule has 0 radical (unpaired) electrons. The predicted molar refractivity (Wildman–Crippen MR) is 298 cm³/mol. The Morgan fingerprint density at radius 3 is 2.47 bits per heavy atom. The second-order valence-corrected chi connectivity index (χ2v) is 23.5. The van der Waals surface area contributed by atoms with E-state index in [4.69, 9.17) is 14.5 Å². The van der Waals surface area contributed by atoms with Crippen molar-refractivity contribution in [3.63, 3.8) is 0 Å². The van der Waals surface area contributed by atoms with Crippen LogP contribution in [0, 0.1) is 11.8 Å². The number of piperidine rings is 1. The summed E-state index contributed by atoms with van der Waals surface area (Å²) in [6.07, 6.45) is 8.64. The molecule has 404 valence electrons. The van der Waals surface area contributed by atoms with E-state index in [1.165, 1.54) is 17.7 Å². The molecule has 2 aromatic carbocycles. The van der Waals surface area contributed by atoms with Gasteiger partial charge in [0.1, 0.15) is 47.5 Å². The fraction of sp³-hybridized carbons (Fsp3) is 0.473. The summed E-state index contributed by atoms with van der Waals surface area (Å²) in [5.74, 6) is 1.43. The smallest absolute Gasteiger partial charge is 0.415 e. The Bertz CT molecular complexity index is 2850. The average molecular weight is 1090 g/mol. The van der Waals surface area contributed by atoms with Crippen molar-refractivity contribution < 1.29 is 33.4 Å². The molecular weight excluding hydrogens is 1020 g/mol. The van der Waals surface area contributed by atoms with Gasteiger partial charge in [0.15, 0.2) is 0 Å². The Hall–Kier alpha value is -6.00. The first-order chi connectivity index (χ1) is 36.6. The molecule has 2 fully saturated rings. The minimum absolute atomic E-state index is 0.0756. The highest BCUT2D eigenvalue weighted by Crippen LogP contribution is 2.41. The molecule has 3 N–H and O–H groups in total. The number of thioether (sulfide) groups is 1. The van der Waals surface area contributed by atoms with Gasteiger partial charge < -0.3 is 30.0 Å². The Morgan fingerprint density at radius 2 is 1.80 bits per heavy atom. The van der Waals surface area contributed by atoms with Crippen LogP contribution in [-0.2, 0) is 62.4 Å². The molecule has 0 aliphatic carbocycles. The number of nitrogens with zero attached hydrogens (tertiary/aromatic N) is 8. The molecule has 3 aromatic heterocycles. The van der Waals surface area contributed by atoms with Gasteiger partial charge in [0.05, 0.1) is 19.8 Å². The number of hydrogen-bond acceptors (Lipinski definition) is 15. The minimum atomic E-state index is -0.907. The first-order valence-electron chi connectivity index (χ1n) is 25.9. The van der Waals surface area contributed by atoms with E-state index in [2.05, 4.69) is 55.1 Å². The quantitative estimate of drug-likeness (QED) is 0.0320. The van der Waals surface area contributed by atoms with Gasteiger partial charge in [-0.25, -0.2) is 14.8 Å². The zero-order valence-electron chi connectivity index (χ0n) is 44.4. The average Bonchev–Trinajstić information content (AvgIpc) is 3.97. The number of rotatable bonds is 23. The summed E-state index contributed by atoms with van der Waals surface area (Å²) < 4.78 is 13.7. The van der Waals surface area contributed by atoms with Crippen LogP contribution in [0.15, 0.2) is 89.2 Å². The molecule has 6 heterocycles. The number of nitrogens with one attached hydrogen (secondary N) is 3. The molecule has 76 heavy (non-hydrogen) atoms. The van der Waals surface area contributed by atoms with Gasteiger partial charge in [0, 0.05) is 73.0 Å². The van der Waals surface area contributed by atoms with Crippen molar-refractivity contribution in [2.75, 3.05) is 60.0 Å². The predicted octanol–water partition coefficient (Wildman–Crippen LogP) is 8.20. The molecule has 18 nitrogen and oxygen atoms in total. The number of fused-ring (bicyclic) bond motifs is 1. The molecule has 2 unspecified atom stereocenters. The summed E-state index contributed by atoms with van der Waals surface area (Å²) in [5, 5.41) is 17.8. The Balaban J connectivity index is 0.904. The second-order valence-electron chi connectivity index (χ2n) is 20.3. The summed E-state index contributed by atoms with van der Waals surface area (Å²) in [6, 6.07) is 19.0. The highest BCUT2D eigenvalue weighted by molar-refractivity contribution is 8.76. The number of hydrogen-bond donors (Lipinski definition) is 3. The van der Waals surface area contributed by atoms with Crippen LogP contribution in [0.4, 0.5) is 22.1 Å². The number of pyridine rings is 2. The van der Waals surface area contributed by atoms with Gasteiger partial charge in [-0.1, -0.05) is 49.8 Å². The first kappa shape index (κ1) is 56.2. The van der Waals surface area contributed by atoms with Crippen molar-refractivity contribution in [3.8, 4) is 0 Å². The van der Waals surface area contributed by atoms with Crippen LogP contribution in [0.1, 0.15) is 98.7 Å². The third-order valence-corrected chi connectivity index (χ3v) is 17.2. The van der Waals surface area contributed by atoms with E-state index in [1.54, 1.807) is 82.0 Å². The van der Waals surface area contributed by atoms with Crippen molar-refractivity contribution in [3.05, 3.63) is 113 Å². The number of carbonyl (C=O) groups excluding carboxylic acids is 5. The van der Waals surface area contributed by atoms with Crippen LogP contribution in [0.3, 0.4) is 0 Å². The number of anilines is 3. The SMILES string of the molecule is CCN(C(=O)OCc1ccc(NC(=O)C(C)NC(=O)C(NC(=O)CCCSSc2ccccn2)C(C)C)cc1)c1cc(C2(Cc3nncn3C)COC2)cc(N2Cc3c(SC)cc(CN4CCC[C@H](C)C4)cc3C2=O)n1. The van der Waals surface area contributed by atoms with E-state index >= 15 is 0 Å². The molecule has 5 aromatic rings. The normalized spacial score (nSPS) is 16.9. The van der Waals surface area contributed by atoms with Crippen LogP contribution in [0.2, 0.25) is 0 Å². The lowest BCUT2D eigenvalue weighted by Gasteiger charge is -2.42. The van der Waals surface area contributed by atoms with E-state index in [9.17, 15) is 24.0 Å². The van der Waals surface area contributed by atoms with Crippen molar-refractivity contribution in [1.29, 1.82) is 0 Å². The van der Waals surface area contributed by atoms with Crippen molar-refractivity contribution in [1.82, 2.24) is 40.3 Å². The molecule has 0 spiro atoms. The highest BCUT2D eigenvalue weighted by Gasteiger charge is 2.44. The number of aromatic nitrogens is 5. The third-order valence-electron chi connectivity index (χ3n) is 14.0. The van der Waals surface area contributed by atoms with Crippen molar-refractivity contribution in [2.24, 2.45) is 18.9 Å². The third kappa shape index (κ3) is 13.9. The molecule has 3 aliphatic rings. The van der Waals surface area contributed by atoms with Crippen LogP contribution < -0.4 is 25.8 Å². The molecule has 2 saturated heterocycles. The topological polar surface area (TPSA) is 206 Å². The second kappa shape index (κ2) is 25.9. The first-order valence-corrected chi connectivity index (χ1v) is 29.5. The van der Waals surface area contributed by atoms with E-state index in [1.807, 2.05) is 69.0 Å². The molecule has 3 aliphatic heterocycles. The van der Waals surface area contributed by atoms with Crippen LogP contribution in [0.5, 0.6) is 0 Å². The summed E-state index contributed by atoms with van der Waals surface area (Å²) in [6.45, 7) is 13.6. The van der Waals surface area contributed by atoms with E-state index < -0.39 is 35.4 Å². The van der Waals surface area contributed by atoms with Gasteiger partial charge in [-0.3, -0.25) is 33.9 Å². The summed E-state index contributed by atoms with van der Waals surface area (Å²) in [4.78, 5) is 84.2. The fourth-order valence-corrected chi connectivity index (χ4v) is 12.3. The van der Waals surface area contributed by atoms with Gasteiger partial charge in [-0.15, -0.1) is 22.0 Å². The molecule has 21 heteroatoms. The maximum atomic E-state index is 14.6. The number of aryl methyl sites for hydroxylation is 1. The largest absolute Gasteiger partial charge is 0.444 e. The van der Waals surface area contributed by atoms with Crippen LogP contribution >= 0.6 is 33.3 Å². The monoisotopic (exact) mass is 1090 g/mol. The standard InChI is InChI=1S/C55H69N11O7S3/c1-8-65(54(71)73-31-38-16-18-41(19-17-38)59-51(68)37(5)58-52(69)50(35(2)3)61-48(67)14-12-22-75-76-49-15-9-10-20-56-49)45-25-40(55(32-72-33-55)27-47-62-57-34-63(47)6)26-46(60-45)66-30-43-42(53(66)70)23-39(24-44(43)74-7)29-64-21-11-13-36(4)28-64/h9-10,15-20,23-26,34-37,50H,8,11-14,21-22,27-33H2,1-7H3,(H,58,69)(H,59,68)(H,61,67)/t36-,37?,50?/m0/s1. The summed E-state index contributed by atoms with van der Waals surface area (Å²) in [7, 11) is 5.07. The number of benzene rings is 2. The Morgan fingerprint density at radius 1 is 1.00 bits per heavy atom. The fourth-order valence-electron chi connectivity index (χ4n) is 9.63. The number of likely N-dealkylation sites (tertiary alicyclic amines) is 1. The van der Waals surface area contributed by atoms with Crippen LogP contribution in [-0.4, -0.2) is 116 Å². The van der Waals surface area contributed by atoms with Gasteiger partial charge >= 0.3 is 6.09 Å². The zero-order valence-corrected chi connectivity index (χ0v) is 46.8.